The lowest BCUT2D eigenvalue weighted by Crippen LogP contribution is -2.57. The molecule has 4 fully saturated rings. The normalized spacial score (nSPS) is 49.2. The molecule has 0 bridgehead atoms. The van der Waals surface area contributed by atoms with Crippen LogP contribution in [0.4, 0.5) is 0 Å². The van der Waals surface area contributed by atoms with E-state index in [0.717, 1.165) is 47.8 Å². The Morgan fingerprint density at radius 2 is 1.55 bits per heavy atom. The van der Waals surface area contributed by atoms with Gasteiger partial charge in [0, 0.05) is 0 Å². The van der Waals surface area contributed by atoms with Crippen molar-refractivity contribution in [2.24, 2.45) is 58.2 Å². The molecule has 1 heteroatoms. The van der Waals surface area contributed by atoms with Gasteiger partial charge in [-0.1, -0.05) is 67.2 Å². The van der Waals surface area contributed by atoms with Crippen LogP contribution in [0.1, 0.15) is 112 Å². The van der Waals surface area contributed by atoms with Crippen LogP contribution in [0.25, 0.3) is 0 Å². The first-order chi connectivity index (χ1) is 13.7. The van der Waals surface area contributed by atoms with Crippen molar-refractivity contribution in [3.8, 4) is 0 Å². The topological polar surface area (TPSA) is 20.2 Å². The van der Waals surface area contributed by atoms with Crippen LogP contribution in [0, 0.1) is 58.2 Å². The molecule has 10 atom stereocenters. The summed E-state index contributed by atoms with van der Waals surface area (Å²) in [5.74, 6) is 6.37. The molecule has 0 aliphatic heterocycles. The molecule has 1 nitrogen and oxygen atoms in total. The molecule has 4 saturated carbocycles. The van der Waals surface area contributed by atoms with Gasteiger partial charge in [-0.25, -0.2) is 0 Å². The van der Waals surface area contributed by atoms with Gasteiger partial charge in [0.25, 0.3) is 0 Å². The second kappa shape index (κ2) is 8.14. The van der Waals surface area contributed by atoms with E-state index in [0.29, 0.717) is 16.7 Å². The van der Waals surface area contributed by atoms with Gasteiger partial charge in [-0.2, -0.15) is 0 Å². The third-order valence-corrected chi connectivity index (χ3v) is 11.6. The molecule has 0 aromatic rings. The highest BCUT2D eigenvalue weighted by Gasteiger charge is 2.62. The number of hydrogen-bond donors (Lipinski definition) is 1. The van der Waals surface area contributed by atoms with E-state index in [9.17, 15) is 5.11 Å². The molecule has 168 valence electrons. The molecule has 0 heterocycles. The Balaban J connectivity index is 1.50. The predicted octanol–water partition coefficient (Wildman–Crippen LogP) is 7.71. The smallest absolute Gasteiger partial charge is 0.0577 e. The van der Waals surface area contributed by atoms with E-state index in [4.69, 9.17) is 0 Å². The van der Waals surface area contributed by atoms with Crippen molar-refractivity contribution in [3.05, 3.63) is 0 Å². The van der Waals surface area contributed by atoms with Gasteiger partial charge in [-0.05, 0) is 103 Å². The number of rotatable bonds is 5. The average molecular weight is 403 g/mol. The summed E-state index contributed by atoms with van der Waals surface area (Å²) in [5.41, 5.74) is 1.01. The monoisotopic (exact) mass is 402 g/mol. The van der Waals surface area contributed by atoms with Crippen LogP contribution in [0.15, 0.2) is 0 Å². The first-order valence-electron chi connectivity index (χ1n) is 13.4. The SMILES string of the molecule is CC(C)[C@@H](C)CC[C@@H](C)[C@H]1CC[C@H]2[C@@H]3C(O)CC4CCCC[C@]4(C)[C@H]3CC[C@]12C. The summed E-state index contributed by atoms with van der Waals surface area (Å²) < 4.78 is 0. The van der Waals surface area contributed by atoms with Gasteiger partial charge in [0.2, 0.25) is 0 Å². The van der Waals surface area contributed by atoms with Crippen LogP contribution < -0.4 is 0 Å². The van der Waals surface area contributed by atoms with Gasteiger partial charge in [-0.3, -0.25) is 0 Å². The van der Waals surface area contributed by atoms with Crippen LogP contribution >= 0.6 is 0 Å². The summed E-state index contributed by atoms with van der Waals surface area (Å²) in [6.07, 6.45) is 15.2. The molecule has 29 heavy (non-hydrogen) atoms. The second-order valence-corrected chi connectivity index (χ2v) is 13.0. The third kappa shape index (κ3) is 3.64. The van der Waals surface area contributed by atoms with Crippen LogP contribution in [0.5, 0.6) is 0 Å². The van der Waals surface area contributed by atoms with E-state index < -0.39 is 0 Å². The van der Waals surface area contributed by atoms with Crippen molar-refractivity contribution < 1.29 is 5.11 Å². The molecule has 0 saturated heterocycles. The highest BCUT2D eigenvalue weighted by Crippen LogP contribution is 2.68. The maximum Gasteiger partial charge on any atom is 0.0577 e. The summed E-state index contributed by atoms with van der Waals surface area (Å²) in [6, 6.07) is 0. The summed E-state index contributed by atoms with van der Waals surface area (Å²) >= 11 is 0. The van der Waals surface area contributed by atoms with Crippen LogP contribution in [0.3, 0.4) is 0 Å². The van der Waals surface area contributed by atoms with E-state index in [1.807, 2.05) is 0 Å². The third-order valence-electron chi connectivity index (χ3n) is 11.6. The largest absolute Gasteiger partial charge is 0.393 e. The zero-order chi connectivity index (χ0) is 21.0. The molecule has 1 N–H and O–H groups in total. The molecule has 0 aromatic heterocycles. The maximum atomic E-state index is 11.4. The van der Waals surface area contributed by atoms with E-state index in [2.05, 4.69) is 41.5 Å². The number of fused-ring (bicyclic) bond motifs is 5. The molecular formula is C28H50O. The Hall–Kier alpha value is -0.0400. The number of hydrogen-bond acceptors (Lipinski definition) is 1. The van der Waals surface area contributed by atoms with Gasteiger partial charge in [0.05, 0.1) is 6.10 Å². The molecule has 4 aliphatic rings. The summed E-state index contributed by atoms with van der Waals surface area (Å²) in [5, 5.41) is 11.4. The lowest BCUT2D eigenvalue weighted by molar-refractivity contribution is -0.164. The first kappa shape index (κ1) is 22.2. The Labute approximate surface area is 181 Å². The van der Waals surface area contributed by atoms with Crippen molar-refractivity contribution in [1.82, 2.24) is 0 Å². The standard InChI is InChI=1S/C28H50O/c1-18(2)19(3)10-11-20(4)22-12-13-23-26-24(14-16-28(22,23)6)27(5)15-8-7-9-21(27)17-25(26)29/h18-26,29H,7-17H2,1-6H3/t19-,20+,21?,22+,23-,24-,25?,26-,27-,28+/m0/s1. The predicted molar refractivity (Wildman–Crippen MR) is 124 cm³/mol. The zero-order valence-corrected chi connectivity index (χ0v) is 20.4. The molecule has 0 radical (unpaired) electrons. The van der Waals surface area contributed by atoms with E-state index >= 15 is 0 Å². The summed E-state index contributed by atoms with van der Waals surface area (Å²) in [6.45, 7) is 15.1. The average Bonchev–Trinajstić information content (AvgIpc) is 3.03. The fraction of sp³-hybridized carbons (Fsp3) is 1.00. The minimum absolute atomic E-state index is 0.0178. The Bertz CT molecular complexity index is 569. The minimum Gasteiger partial charge on any atom is -0.393 e. The van der Waals surface area contributed by atoms with E-state index in [1.54, 1.807) is 0 Å². The quantitative estimate of drug-likeness (QED) is 0.499. The summed E-state index contributed by atoms with van der Waals surface area (Å²) in [7, 11) is 0. The van der Waals surface area contributed by atoms with Gasteiger partial charge in [0.15, 0.2) is 0 Å². The molecule has 2 unspecified atom stereocenters. The molecular weight excluding hydrogens is 352 g/mol. The van der Waals surface area contributed by atoms with Gasteiger partial charge in [-0.15, -0.1) is 0 Å². The number of aliphatic hydroxyl groups excluding tert-OH is 1. The fourth-order valence-electron chi connectivity index (χ4n) is 9.29. The van der Waals surface area contributed by atoms with Gasteiger partial charge < -0.3 is 5.11 Å². The van der Waals surface area contributed by atoms with Crippen LogP contribution in [-0.4, -0.2) is 11.2 Å². The maximum absolute atomic E-state index is 11.4. The van der Waals surface area contributed by atoms with Crippen molar-refractivity contribution in [3.63, 3.8) is 0 Å². The molecule has 0 aromatic carbocycles. The van der Waals surface area contributed by atoms with Crippen molar-refractivity contribution >= 4 is 0 Å². The zero-order valence-electron chi connectivity index (χ0n) is 20.4. The van der Waals surface area contributed by atoms with Crippen molar-refractivity contribution in [2.45, 2.75) is 118 Å². The fourth-order valence-corrected chi connectivity index (χ4v) is 9.29. The minimum atomic E-state index is -0.0178. The molecule has 4 aliphatic carbocycles. The Kier molecular flexibility index (Phi) is 6.22. The van der Waals surface area contributed by atoms with Crippen LogP contribution in [-0.2, 0) is 0 Å². The second-order valence-electron chi connectivity index (χ2n) is 13.0. The Morgan fingerprint density at radius 1 is 0.828 bits per heavy atom. The van der Waals surface area contributed by atoms with E-state index in [1.165, 1.54) is 64.2 Å². The molecule has 4 rings (SSSR count). The van der Waals surface area contributed by atoms with E-state index in [-0.39, 0.29) is 6.10 Å². The molecule has 0 spiro atoms. The highest BCUT2D eigenvalue weighted by molar-refractivity contribution is 5.11. The van der Waals surface area contributed by atoms with Gasteiger partial charge in [0.1, 0.15) is 0 Å². The highest BCUT2D eigenvalue weighted by atomic mass is 16.3. The first-order valence-corrected chi connectivity index (χ1v) is 13.4. The number of aliphatic hydroxyl groups is 1. The van der Waals surface area contributed by atoms with Gasteiger partial charge >= 0.3 is 0 Å². The summed E-state index contributed by atoms with van der Waals surface area (Å²) in [4.78, 5) is 0. The lowest BCUT2D eigenvalue weighted by Gasteiger charge is -2.62. The van der Waals surface area contributed by atoms with Crippen molar-refractivity contribution in [1.29, 1.82) is 0 Å². The Morgan fingerprint density at radius 3 is 2.28 bits per heavy atom. The van der Waals surface area contributed by atoms with Crippen LogP contribution in [0.2, 0.25) is 0 Å². The van der Waals surface area contributed by atoms with Crippen molar-refractivity contribution in [2.75, 3.05) is 0 Å². The lowest BCUT2D eigenvalue weighted by atomic mass is 9.44. The molecule has 0 amide bonds.